The van der Waals surface area contributed by atoms with E-state index in [1.165, 1.54) is 13.8 Å². The molecule has 5 rings (SSSR count). The zero-order chi connectivity index (χ0) is 28.3. The van der Waals surface area contributed by atoms with Crippen LogP contribution in [0, 0.1) is 28.6 Å². The second-order valence-corrected chi connectivity index (χ2v) is 12.2. The van der Waals surface area contributed by atoms with Crippen LogP contribution in [0.15, 0.2) is 39.8 Å². The van der Waals surface area contributed by atoms with Gasteiger partial charge in [0.15, 0.2) is 0 Å². The van der Waals surface area contributed by atoms with Gasteiger partial charge in [-0.15, -0.1) is 0 Å². The van der Waals surface area contributed by atoms with Crippen LogP contribution in [0.1, 0.15) is 72.5 Å². The lowest BCUT2D eigenvalue weighted by molar-refractivity contribution is -0.262. The summed E-state index contributed by atoms with van der Waals surface area (Å²) in [5.74, 6) is -0.827. The molecule has 3 aliphatic rings. The molecule has 2 aromatic heterocycles. The number of nitrogens with zero attached hydrogens (tertiary/aromatic N) is 1. The standard InChI is InChI=1S/C30H37NO8/c1-16-9-10-28(4)22(29(16,5)15-36-17(2)32)13-23(37-18(3)33)30(6)26(28)25(34)24-21(39-30)12-20(38-27(24)35)19-8-7-11-31-14-19/h7-8,11-12,14,16,22-23,25-26,34H,9-10,13,15H2,1-6H3/t16-,22?,23+,25-,26?,28-,29?,30+/m0/s1. The van der Waals surface area contributed by atoms with Crippen LogP contribution in [0.5, 0.6) is 5.75 Å². The average Bonchev–Trinajstić information content (AvgIpc) is 2.86. The highest BCUT2D eigenvalue weighted by Gasteiger charge is 2.69. The van der Waals surface area contributed by atoms with Crippen LogP contribution >= 0.6 is 0 Å². The summed E-state index contributed by atoms with van der Waals surface area (Å²) in [5.41, 5.74) is -2.13. The van der Waals surface area contributed by atoms with Crippen molar-refractivity contribution in [2.45, 2.75) is 78.6 Å². The van der Waals surface area contributed by atoms with Crippen LogP contribution in [0.25, 0.3) is 11.3 Å². The van der Waals surface area contributed by atoms with E-state index in [2.05, 4.69) is 25.8 Å². The number of fused-ring (bicyclic) bond motifs is 4. The lowest BCUT2D eigenvalue weighted by Crippen LogP contribution is -2.70. The summed E-state index contributed by atoms with van der Waals surface area (Å²) in [6.07, 6.45) is 3.32. The number of esters is 2. The minimum atomic E-state index is -1.23. The maximum atomic E-state index is 13.4. The van der Waals surface area contributed by atoms with Crippen molar-refractivity contribution >= 4 is 11.9 Å². The van der Waals surface area contributed by atoms with Crippen LogP contribution in [0.4, 0.5) is 0 Å². The van der Waals surface area contributed by atoms with E-state index in [-0.39, 0.29) is 41.5 Å². The Morgan fingerprint density at radius 3 is 2.59 bits per heavy atom. The molecule has 2 saturated carbocycles. The predicted molar refractivity (Wildman–Crippen MR) is 141 cm³/mol. The Balaban J connectivity index is 1.66. The van der Waals surface area contributed by atoms with Gasteiger partial charge in [0.2, 0.25) is 0 Å². The molecule has 9 heteroatoms. The van der Waals surface area contributed by atoms with E-state index in [9.17, 15) is 19.5 Å². The fraction of sp³-hybridized carbons (Fsp3) is 0.600. The topological polar surface area (TPSA) is 125 Å². The van der Waals surface area contributed by atoms with Crippen molar-refractivity contribution in [1.29, 1.82) is 0 Å². The number of hydrogen-bond donors (Lipinski definition) is 1. The molecule has 39 heavy (non-hydrogen) atoms. The highest BCUT2D eigenvalue weighted by atomic mass is 16.6. The molecule has 1 aliphatic heterocycles. The van der Waals surface area contributed by atoms with Gasteiger partial charge in [0.25, 0.3) is 0 Å². The van der Waals surface area contributed by atoms with Crippen molar-refractivity contribution in [3.05, 3.63) is 46.6 Å². The summed E-state index contributed by atoms with van der Waals surface area (Å²) >= 11 is 0. The van der Waals surface area contributed by atoms with Crippen LogP contribution in [-0.2, 0) is 19.1 Å². The van der Waals surface area contributed by atoms with Gasteiger partial charge in [0, 0.05) is 49.2 Å². The molecule has 2 aromatic rings. The van der Waals surface area contributed by atoms with E-state index in [1.54, 1.807) is 30.6 Å². The lowest BCUT2D eigenvalue weighted by Gasteiger charge is -2.66. The Kier molecular flexibility index (Phi) is 6.64. The molecule has 0 spiro atoms. The number of pyridine rings is 1. The first-order valence-corrected chi connectivity index (χ1v) is 13.6. The highest BCUT2D eigenvalue weighted by Crippen LogP contribution is 2.68. The third-order valence-corrected chi connectivity index (χ3v) is 9.98. The molecule has 0 radical (unpaired) electrons. The van der Waals surface area contributed by atoms with Crippen LogP contribution in [0.3, 0.4) is 0 Å². The number of aliphatic hydroxyl groups excluding tert-OH is 1. The third-order valence-electron chi connectivity index (χ3n) is 9.98. The summed E-state index contributed by atoms with van der Waals surface area (Å²) in [7, 11) is 0. The molecule has 0 bridgehead atoms. The summed E-state index contributed by atoms with van der Waals surface area (Å²) in [4.78, 5) is 41.6. The number of carbonyl (C=O) groups is 2. The second kappa shape index (κ2) is 9.47. The molecule has 2 fully saturated rings. The summed E-state index contributed by atoms with van der Waals surface area (Å²) in [6.45, 7) is 11.2. The second-order valence-electron chi connectivity index (χ2n) is 12.2. The van der Waals surface area contributed by atoms with Crippen molar-refractivity contribution < 1.29 is 33.3 Å². The smallest absolute Gasteiger partial charge is 0.345 e. The number of aliphatic hydroxyl groups is 1. The van der Waals surface area contributed by atoms with E-state index in [0.29, 0.717) is 12.0 Å². The number of aromatic nitrogens is 1. The molecule has 210 valence electrons. The molecule has 3 unspecified atom stereocenters. The first-order valence-electron chi connectivity index (χ1n) is 13.6. The monoisotopic (exact) mass is 539 g/mol. The Hall–Kier alpha value is -3.20. The predicted octanol–water partition coefficient (Wildman–Crippen LogP) is 4.46. The lowest BCUT2D eigenvalue weighted by atomic mass is 9.41. The first kappa shape index (κ1) is 27.4. The van der Waals surface area contributed by atoms with E-state index in [4.69, 9.17) is 18.6 Å². The van der Waals surface area contributed by atoms with Gasteiger partial charge < -0.3 is 23.7 Å². The molecule has 3 heterocycles. The zero-order valence-corrected chi connectivity index (χ0v) is 23.4. The number of carbonyl (C=O) groups excluding carboxylic acids is 2. The van der Waals surface area contributed by atoms with Crippen LogP contribution in [-0.4, -0.2) is 40.3 Å². The van der Waals surface area contributed by atoms with E-state index < -0.39 is 46.2 Å². The summed E-state index contributed by atoms with van der Waals surface area (Å²) in [6, 6.07) is 5.10. The molecule has 8 atom stereocenters. The molecule has 9 nitrogen and oxygen atoms in total. The van der Waals surface area contributed by atoms with E-state index >= 15 is 0 Å². The maximum absolute atomic E-state index is 13.4. The Labute approximate surface area is 227 Å². The Bertz CT molecular complexity index is 1340. The highest BCUT2D eigenvalue weighted by molar-refractivity contribution is 5.66. The SMILES string of the molecule is CC(=O)OCC1(C)C2C[C@@H](OC(C)=O)[C@@]3(C)Oc4cc(-c5cccnc5)oc(=O)c4[C@H](O)C3[C@@]2(C)CC[C@@H]1C. The molecule has 1 N–H and O–H groups in total. The molecule has 2 aliphatic carbocycles. The summed E-state index contributed by atoms with van der Waals surface area (Å²) < 4.78 is 23.8. The van der Waals surface area contributed by atoms with Crippen LogP contribution < -0.4 is 10.4 Å². The van der Waals surface area contributed by atoms with Crippen molar-refractivity contribution in [3.63, 3.8) is 0 Å². The number of hydrogen-bond acceptors (Lipinski definition) is 9. The summed E-state index contributed by atoms with van der Waals surface area (Å²) in [5, 5.41) is 12.0. The molecular formula is C30H37NO8. The minimum Gasteiger partial charge on any atom is -0.482 e. The molecule has 0 aromatic carbocycles. The average molecular weight is 540 g/mol. The maximum Gasteiger partial charge on any atom is 0.345 e. The largest absolute Gasteiger partial charge is 0.482 e. The number of ether oxygens (including phenoxy) is 3. The van der Waals surface area contributed by atoms with Gasteiger partial charge in [-0.25, -0.2) is 4.79 Å². The fourth-order valence-corrected chi connectivity index (χ4v) is 7.90. The Morgan fingerprint density at radius 1 is 1.21 bits per heavy atom. The van der Waals surface area contributed by atoms with Gasteiger partial charge in [-0.1, -0.05) is 20.8 Å². The van der Waals surface area contributed by atoms with Gasteiger partial charge >= 0.3 is 17.6 Å². The molecule has 0 saturated heterocycles. The van der Waals surface area contributed by atoms with Crippen molar-refractivity contribution in [1.82, 2.24) is 4.98 Å². The van der Waals surface area contributed by atoms with Crippen LogP contribution in [0.2, 0.25) is 0 Å². The van der Waals surface area contributed by atoms with Crippen molar-refractivity contribution in [2.24, 2.45) is 28.6 Å². The van der Waals surface area contributed by atoms with Gasteiger partial charge in [-0.3, -0.25) is 14.6 Å². The fourth-order valence-electron chi connectivity index (χ4n) is 7.90. The van der Waals surface area contributed by atoms with E-state index in [1.807, 2.05) is 6.92 Å². The van der Waals surface area contributed by atoms with Gasteiger partial charge in [-0.05, 0) is 55.6 Å². The van der Waals surface area contributed by atoms with Gasteiger partial charge in [0.1, 0.15) is 28.8 Å². The quantitative estimate of drug-likeness (QED) is 0.561. The zero-order valence-electron chi connectivity index (χ0n) is 23.4. The third kappa shape index (κ3) is 4.26. The van der Waals surface area contributed by atoms with Crippen molar-refractivity contribution in [3.8, 4) is 17.1 Å². The Morgan fingerprint density at radius 2 is 1.95 bits per heavy atom. The number of rotatable bonds is 4. The van der Waals surface area contributed by atoms with Gasteiger partial charge in [-0.2, -0.15) is 0 Å². The normalized spacial score (nSPS) is 36.9. The van der Waals surface area contributed by atoms with E-state index in [0.717, 1.165) is 12.8 Å². The molecule has 0 amide bonds. The van der Waals surface area contributed by atoms with Crippen molar-refractivity contribution in [2.75, 3.05) is 6.61 Å². The first-order chi connectivity index (χ1) is 18.3. The van der Waals surface area contributed by atoms with Gasteiger partial charge in [0.05, 0.1) is 12.7 Å². The minimum absolute atomic E-state index is 0.0638. The molecular weight excluding hydrogens is 502 g/mol.